The van der Waals surface area contributed by atoms with Crippen molar-refractivity contribution in [1.29, 1.82) is 0 Å². The van der Waals surface area contributed by atoms with Crippen molar-refractivity contribution in [2.24, 2.45) is 0 Å². The van der Waals surface area contributed by atoms with Crippen LogP contribution >= 0.6 is 0 Å². The lowest BCUT2D eigenvalue weighted by atomic mass is 10.9. The smallest absolute Gasteiger partial charge is 0.199 e. The highest BCUT2D eigenvalue weighted by Crippen LogP contribution is 2.31. The first-order valence-electron chi connectivity index (χ1n) is 7.37. The molecule has 0 aliphatic heterocycles. The maximum absolute atomic E-state index is 2.88. The Kier molecular flexibility index (Phi) is 7.32. The second kappa shape index (κ2) is 7.19. The summed E-state index contributed by atoms with van der Waals surface area (Å²) in [7, 11) is 8.61. The summed E-state index contributed by atoms with van der Waals surface area (Å²) in [5.74, 6) is 0. The van der Waals surface area contributed by atoms with E-state index in [0.717, 1.165) is 0 Å². The third-order valence-electron chi connectivity index (χ3n) is 5.18. The molecule has 0 aromatic carbocycles. The first kappa shape index (κ1) is 18.3. The van der Waals surface area contributed by atoms with Gasteiger partial charge in [0.25, 0.3) is 0 Å². The van der Waals surface area contributed by atoms with Crippen LogP contribution in [0.2, 0.25) is 24.2 Å². The molecule has 0 fully saturated rings. The monoisotopic (exact) mass is 289 g/mol. The molecule has 0 radical (unpaired) electrons. The molecule has 0 aromatic heterocycles. The fourth-order valence-electron chi connectivity index (χ4n) is 3.70. The molecule has 3 nitrogen and oxygen atoms in total. The highest BCUT2D eigenvalue weighted by atomic mass is 28.4. The van der Waals surface area contributed by atoms with E-state index in [1.54, 1.807) is 0 Å². The Hall–Kier alpha value is 0.314. The summed E-state index contributed by atoms with van der Waals surface area (Å²) in [5.41, 5.74) is 0. The Morgan fingerprint density at radius 3 is 0.889 bits per heavy atom. The Bertz CT molecular complexity index is 212. The molecule has 0 aliphatic carbocycles. The maximum Gasteiger partial charge on any atom is 0.199 e. The number of rotatable bonds is 8. The zero-order valence-corrected chi connectivity index (χ0v) is 16.2. The highest BCUT2D eigenvalue weighted by Gasteiger charge is 2.49. The molecule has 0 rings (SSSR count). The molecule has 0 unspecified atom stereocenters. The average molecular weight is 290 g/mol. The Balaban J connectivity index is 5.59. The molecule has 0 aliphatic rings. The molecule has 5 heteroatoms. The van der Waals surface area contributed by atoms with Crippen LogP contribution in [0.4, 0.5) is 0 Å². The number of hydrogen-bond donors (Lipinski definition) is 0. The summed E-state index contributed by atoms with van der Waals surface area (Å²) in [6, 6.07) is 5.26. The van der Waals surface area contributed by atoms with E-state index in [2.05, 4.69) is 76.3 Å². The van der Waals surface area contributed by atoms with E-state index in [9.17, 15) is 0 Å². The second-order valence-corrected chi connectivity index (χ2v) is 16.1. The minimum Gasteiger partial charge on any atom is -0.324 e. The van der Waals surface area contributed by atoms with Crippen LogP contribution in [0.1, 0.15) is 27.7 Å². The molecular formula is C13H35N3Si2. The predicted octanol–water partition coefficient (Wildman–Crippen LogP) is 3.01. The van der Waals surface area contributed by atoms with Gasteiger partial charge in [-0.15, -0.1) is 0 Å². The molecule has 0 amide bonds. The summed E-state index contributed by atoms with van der Waals surface area (Å²) in [6.07, 6.45) is 0. The summed E-state index contributed by atoms with van der Waals surface area (Å²) in [6.45, 7) is 9.53. The molecule has 18 heavy (non-hydrogen) atoms. The Morgan fingerprint density at radius 2 is 0.778 bits per heavy atom. The van der Waals surface area contributed by atoms with E-state index in [0.29, 0.717) is 0 Å². The van der Waals surface area contributed by atoms with E-state index >= 15 is 0 Å². The highest BCUT2D eigenvalue weighted by molar-refractivity contribution is 6.90. The van der Waals surface area contributed by atoms with Gasteiger partial charge in [-0.2, -0.15) is 0 Å². The van der Waals surface area contributed by atoms with Crippen molar-refractivity contribution < 1.29 is 0 Å². The zero-order chi connectivity index (χ0) is 14.6. The lowest BCUT2D eigenvalue weighted by Gasteiger charge is -2.54. The van der Waals surface area contributed by atoms with Crippen LogP contribution < -0.4 is 0 Å². The van der Waals surface area contributed by atoms with E-state index in [-0.39, 0.29) is 0 Å². The Morgan fingerprint density at radius 1 is 0.556 bits per heavy atom. The predicted molar refractivity (Wildman–Crippen MR) is 88.6 cm³/mol. The van der Waals surface area contributed by atoms with E-state index < -0.39 is 16.8 Å². The van der Waals surface area contributed by atoms with E-state index in [4.69, 9.17) is 0 Å². The van der Waals surface area contributed by atoms with Gasteiger partial charge in [0.2, 0.25) is 0 Å². The van der Waals surface area contributed by atoms with Crippen molar-refractivity contribution in [3.63, 3.8) is 0 Å². The molecule has 0 aromatic rings. The Labute approximate surface area is 117 Å². The van der Waals surface area contributed by atoms with Crippen LogP contribution in [0.25, 0.3) is 0 Å². The SMILES string of the molecule is CC[Si](CC)(N(C)C)N(C)[Si](CC)(CC)N(C)C. The van der Waals surface area contributed by atoms with Crippen LogP contribution in [-0.2, 0) is 0 Å². The van der Waals surface area contributed by atoms with Crippen molar-refractivity contribution in [2.75, 3.05) is 35.2 Å². The summed E-state index contributed by atoms with van der Waals surface area (Å²) in [5, 5.41) is 0. The summed E-state index contributed by atoms with van der Waals surface area (Å²) >= 11 is 0. The molecule has 0 bridgehead atoms. The molecule has 110 valence electrons. The van der Waals surface area contributed by atoms with Crippen molar-refractivity contribution >= 4 is 16.8 Å². The normalized spacial score (nSPS) is 14.0. The van der Waals surface area contributed by atoms with Gasteiger partial charge in [-0.3, -0.25) is 0 Å². The topological polar surface area (TPSA) is 9.72 Å². The standard InChI is InChI=1S/C13H35N3Si2/c1-10-17(11-2,14(5)6)16(9)18(12-3,13-4)15(7)8/h10-13H2,1-9H3. The minimum atomic E-state index is -1.48. The van der Waals surface area contributed by atoms with Crippen LogP contribution in [0.3, 0.4) is 0 Å². The first-order valence-corrected chi connectivity index (χ1v) is 12.0. The quantitative estimate of drug-likeness (QED) is 0.636. The average Bonchev–Trinajstić information content (AvgIpc) is 2.32. The number of nitrogens with zero attached hydrogens (tertiary/aromatic N) is 3. The first-order chi connectivity index (χ1) is 8.28. The van der Waals surface area contributed by atoms with Gasteiger partial charge in [0.1, 0.15) is 0 Å². The van der Waals surface area contributed by atoms with Crippen molar-refractivity contribution in [3.05, 3.63) is 0 Å². The molecule has 0 saturated carbocycles. The van der Waals surface area contributed by atoms with Crippen molar-refractivity contribution in [3.8, 4) is 0 Å². The third-order valence-corrected chi connectivity index (χ3v) is 18.0. The molecule has 0 spiro atoms. The molecule has 0 heterocycles. The third kappa shape index (κ3) is 2.90. The minimum absolute atomic E-state index is 1.32. The van der Waals surface area contributed by atoms with Gasteiger partial charge in [-0.25, -0.2) is 0 Å². The fraction of sp³-hybridized carbons (Fsp3) is 1.00. The summed E-state index contributed by atoms with van der Waals surface area (Å²) in [4.78, 5) is 0. The van der Waals surface area contributed by atoms with Crippen LogP contribution in [0.15, 0.2) is 0 Å². The number of hydrogen-bond acceptors (Lipinski definition) is 3. The second-order valence-electron chi connectivity index (χ2n) is 5.73. The van der Waals surface area contributed by atoms with Gasteiger partial charge < -0.3 is 13.4 Å². The van der Waals surface area contributed by atoms with Gasteiger partial charge in [-0.1, -0.05) is 27.7 Å². The van der Waals surface area contributed by atoms with E-state index in [1.165, 1.54) is 24.2 Å². The summed E-state index contributed by atoms with van der Waals surface area (Å²) < 4.78 is 7.99. The van der Waals surface area contributed by atoms with Gasteiger partial charge >= 0.3 is 0 Å². The zero-order valence-electron chi connectivity index (χ0n) is 14.2. The lowest BCUT2D eigenvalue weighted by molar-refractivity contribution is 0.466. The van der Waals surface area contributed by atoms with Gasteiger partial charge in [-0.05, 0) is 59.4 Å². The van der Waals surface area contributed by atoms with Gasteiger partial charge in [0.05, 0.1) is 0 Å². The van der Waals surface area contributed by atoms with Crippen molar-refractivity contribution in [2.45, 2.75) is 51.9 Å². The van der Waals surface area contributed by atoms with Gasteiger partial charge in [0.15, 0.2) is 16.8 Å². The van der Waals surface area contributed by atoms with Crippen molar-refractivity contribution in [1.82, 2.24) is 13.4 Å². The molecule has 0 atom stereocenters. The molecule has 0 saturated heterocycles. The lowest BCUT2D eigenvalue weighted by Crippen LogP contribution is -2.74. The van der Waals surface area contributed by atoms with Crippen LogP contribution in [-0.4, -0.2) is 65.4 Å². The van der Waals surface area contributed by atoms with Gasteiger partial charge in [0, 0.05) is 0 Å². The fourth-order valence-corrected chi connectivity index (χ4v) is 16.5. The van der Waals surface area contributed by atoms with E-state index in [1.807, 2.05) is 0 Å². The maximum atomic E-state index is 2.88. The molecular weight excluding hydrogens is 254 g/mol. The molecule has 0 N–H and O–H groups in total. The van der Waals surface area contributed by atoms with Crippen LogP contribution in [0, 0.1) is 0 Å². The van der Waals surface area contributed by atoms with Crippen LogP contribution in [0.5, 0.6) is 0 Å². The largest absolute Gasteiger partial charge is 0.324 e.